The number of fused-ring (bicyclic) bond motifs is 1. The third kappa shape index (κ3) is 5.32. The van der Waals surface area contributed by atoms with E-state index in [2.05, 4.69) is 15.5 Å². The van der Waals surface area contributed by atoms with Crippen LogP contribution in [0.15, 0.2) is 17.0 Å². The van der Waals surface area contributed by atoms with Crippen LogP contribution in [0.3, 0.4) is 0 Å². The van der Waals surface area contributed by atoms with Gasteiger partial charge in [-0.2, -0.15) is 4.31 Å². The SMILES string of the molecule is Cc1cc2c(cc1S(=O)(=O)N1CCC(C(=O)NCCN3CCOCC3)CC1)OC(C)C(=O)N2. The number of anilines is 1. The van der Waals surface area contributed by atoms with Gasteiger partial charge >= 0.3 is 0 Å². The molecule has 0 radical (unpaired) electrons. The number of rotatable bonds is 6. The highest BCUT2D eigenvalue weighted by atomic mass is 32.2. The number of nitrogens with one attached hydrogen (secondary N) is 2. The van der Waals surface area contributed by atoms with Gasteiger partial charge in [-0.1, -0.05) is 0 Å². The zero-order valence-corrected chi connectivity index (χ0v) is 19.9. The van der Waals surface area contributed by atoms with Crippen LogP contribution in [0.25, 0.3) is 0 Å². The van der Waals surface area contributed by atoms with Gasteiger partial charge in [-0.25, -0.2) is 8.42 Å². The molecule has 10 nitrogen and oxygen atoms in total. The number of nitrogens with zero attached hydrogens (tertiary/aromatic N) is 2. The molecule has 3 aliphatic heterocycles. The summed E-state index contributed by atoms with van der Waals surface area (Å²) in [5.74, 6) is -0.114. The molecule has 1 atom stereocenters. The highest BCUT2D eigenvalue weighted by molar-refractivity contribution is 7.89. The summed E-state index contributed by atoms with van der Waals surface area (Å²) in [6.45, 7) is 8.48. The molecule has 2 N–H and O–H groups in total. The number of carbonyl (C=O) groups excluding carboxylic acids is 2. The van der Waals surface area contributed by atoms with E-state index in [0.717, 1.165) is 32.8 Å². The lowest BCUT2D eigenvalue weighted by Gasteiger charge is -2.32. The van der Waals surface area contributed by atoms with Crippen molar-refractivity contribution < 1.29 is 27.5 Å². The summed E-state index contributed by atoms with van der Waals surface area (Å²) in [7, 11) is -3.75. The number of piperidine rings is 1. The predicted octanol–water partition coefficient (Wildman–Crippen LogP) is 0.564. The Morgan fingerprint density at radius 3 is 2.58 bits per heavy atom. The lowest BCUT2D eigenvalue weighted by Crippen LogP contribution is -2.45. The van der Waals surface area contributed by atoms with Crippen LogP contribution in [0, 0.1) is 12.8 Å². The molecule has 2 amide bonds. The van der Waals surface area contributed by atoms with E-state index in [1.807, 2.05) is 0 Å². The fraction of sp³-hybridized carbons (Fsp3) is 0.636. The van der Waals surface area contributed by atoms with Gasteiger partial charge in [-0.05, 0) is 38.3 Å². The molecule has 33 heavy (non-hydrogen) atoms. The van der Waals surface area contributed by atoms with Crippen molar-refractivity contribution in [3.8, 4) is 5.75 Å². The maximum absolute atomic E-state index is 13.3. The van der Waals surface area contributed by atoms with Crippen LogP contribution in [0.2, 0.25) is 0 Å². The van der Waals surface area contributed by atoms with Crippen LogP contribution >= 0.6 is 0 Å². The second-order valence-corrected chi connectivity index (χ2v) is 10.7. The van der Waals surface area contributed by atoms with Crippen LogP contribution in [0.4, 0.5) is 5.69 Å². The van der Waals surface area contributed by atoms with Gasteiger partial charge in [-0.15, -0.1) is 0 Å². The quantitative estimate of drug-likeness (QED) is 0.611. The molecule has 4 rings (SSSR count). The van der Waals surface area contributed by atoms with Crippen molar-refractivity contribution in [3.05, 3.63) is 17.7 Å². The van der Waals surface area contributed by atoms with E-state index in [1.54, 1.807) is 19.9 Å². The van der Waals surface area contributed by atoms with Crippen molar-refractivity contribution in [1.29, 1.82) is 0 Å². The van der Waals surface area contributed by atoms with Crippen LogP contribution in [0.5, 0.6) is 5.75 Å². The summed E-state index contributed by atoms with van der Waals surface area (Å²) in [6, 6.07) is 3.11. The van der Waals surface area contributed by atoms with Crippen molar-refractivity contribution in [2.45, 2.75) is 37.7 Å². The predicted molar refractivity (Wildman–Crippen MR) is 122 cm³/mol. The van der Waals surface area contributed by atoms with Gasteiger partial charge in [0, 0.05) is 51.3 Å². The molecule has 0 bridgehead atoms. The molecule has 3 heterocycles. The maximum atomic E-state index is 13.3. The van der Waals surface area contributed by atoms with Gasteiger partial charge in [0.1, 0.15) is 5.75 Å². The Kier molecular flexibility index (Phi) is 7.22. The molecule has 1 aromatic carbocycles. The molecule has 2 fully saturated rings. The molecular formula is C22H32N4O6S. The summed E-state index contributed by atoms with van der Waals surface area (Å²) >= 11 is 0. The van der Waals surface area contributed by atoms with Gasteiger partial charge < -0.3 is 20.1 Å². The number of carbonyl (C=O) groups is 2. The first-order chi connectivity index (χ1) is 15.8. The maximum Gasteiger partial charge on any atom is 0.265 e. The molecule has 0 spiro atoms. The number of amides is 2. The van der Waals surface area contributed by atoms with E-state index >= 15 is 0 Å². The first-order valence-corrected chi connectivity index (χ1v) is 12.9. The van der Waals surface area contributed by atoms with E-state index in [0.29, 0.717) is 36.4 Å². The Bertz CT molecular complexity index is 1000. The second kappa shape index (κ2) is 9.96. The van der Waals surface area contributed by atoms with Crippen molar-refractivity contribution in [3.63, 3.8) is 0 Å². The third-order valence-corrected chi connectivity index (χ3v) is 8.52. The first-order valence-electron chi connectivity index (χ1n) is 11.5. The zero-order valence-electron chi connectivity index (χ0n) is 19.1. The van der Waals surface area contributed by atoms with Crippen molar-refractivity contribution >= 4 is 27.5 Å². The molecule has 3 aliphatic rings. The summed E-state index contributed by atoms with van der Waals surface area (Å²) in [5, 5.41) is 5.73. The van der Waals surface area contributed by atoms with Gasteiger partial charge in [-0.3, -0.25) is 14.5 Å². The Morgan fingerprint density at radius 2 is 1.88 bits per heavy atom. The molecule has 0 aliphatic carbocycles. The number of hydrogen-bond acceptors (Lipinski definition) is 7. The van der Waals surface area contributed by atoms with Crippen molar-refractivity contribution in [2.24, 2.45) is 5.92 Å². The third-order valence-electron chi connectivity index (χ3n) is 6.48. The number of ether oxygens (including phenoxy) is 2. The fourth-order valence-corrected chi connectivity index (χ4v) is 6.12. The van der Waals surface area contributed by atoms with E-state index in [4.69, 9.17) is 9.47 Å². The van der Waals surface area contributed by atoms with Crippen LogP contribution in [-0.2, 0) is 24.3 Å². The number of sulfonamides is 1. The van der Waals surface area contributed by atoms with Crippen molar-refractivity contribution in [1.82, 2.24) is 14.5 Å². The number of hydrogen-bond donors (Lipinski definition) is 2. The van der Waals surface area contributed by atoms with E-state index in [1.165, 1.54) is 10.4 Å². The largest absolute Gasteiger partial charge is 0.479 e. The Morgan fingerprint density at radius 1 is 1.18 bits per heavy atom. The smallest absolute Gasteiger partial charge is 0.265 e. The highest BCUT2D eigenvalue weighted by Crippen LogP contribution is 2.36. The Labute approximate surface area is 194 Å². The molecule has 2 saturated heterocycles. The van der Waals surface area contributed by atoms with E-state index < -0.39 is 16.1 Å². The number of benzene rings is 1. The second-order valence-electron chi connectivity index (χ2n) is 8.79. The first kappa shape index (κ1) is 23.9. The summed E-state index contributed by atoms with van der Waals surface area (Å²) in [6.07, 6.45) is 0.278. The fourth-order valence-electron chi connectivity index (χ4n) is 4.42. The molecular weight excluding hydrogens is 448 g/mol. The number of aryl methyl sites for hydroxylation is 1. The van der Waals surface area contributed by atoms with Crippen LogP contribution in [0.1, 0.15) is 25.3 Å². The summed E-state index contributed by atoms with van der Waals surface area (Å²) in [4.78, 5) is 26.8. The van der Waals surface area contributed by atoms with Gasteiger partial charge in [0.05, 0.1) is 23.8 Å². The topological polar surface area (TPSA) is 117 Å². The lowest BCUT2D eigenvalue weighted by molar-refractivity contribution is -0.126. The minimum Gasteiger partial charge on any atom is -0.479 e. The Balaban J connectivity index is 1.34. The normalized spacial score (nSPS) is 22.8. The standard InChI is InChI=1S/C22H32N4O6S/c1-15-13-18-19(32-16(2)21(27)24-18)14-20(15)33(29,30)26-6-3-17(4-7-26)22(28)23-5-8-25-9-11-31-12-10-25/h13-14,16-17H,3-12H2,1-2H3,(H,23,28)(H,24,27). The minimum atomic E-state index is -3.75. The summed E-state index contributed by atoms with van der Waals surface area (Å²) in [5.41, 5.74) is 1.01. The van der Waals surface area contributed by atoms with E-state index in [9.17, 15) is 18.0 Å². The lowest BCUT2D eigenvalue weighted by atomic mass is 9.97. The molecule has 1 unspecified atom stereocenters. The molecule has 182 valence electrons. The minimum absolute atomic E-state index is 0.0107. The Hall–Kier alpha value is -2.21. The number of morpholine rings is 1. The van der Waals surface area contributed by atoms with Crippen LogP contribution in [-0.4, -0.2) is 88.0 Å². The zero-order chi connectivity index (χ0) is 23.6. The monoisotopic (exact) mass is 480 g/mol. The average molecular weight is 481 g/mol. The van der Waals surface area contributed by atoms with Gasteiger partial charge in [0.15, 0.2) is 6.10 Å². The van der Waals surface area contributed by atoms with Crippen molar-refractivity contribution in [2.75, 3.05) is 57.8 Å². The molecule has 11 heteroatoms. The summed E-state index contributed by atoms with van der Waals surface area (Å²) < 4.78 is 39.0. The molecule has 1 aromatic rings. The van der Waals surface area contributed by atoms with E-state index in [-0.39, 0.29) is 35.7 Å². The van der Waals surface area contributed by atoms with Gasteiger partial charge in [0.25, 0.3) is 5.91 Å². The average Bonchev–Trinajstić information content (AvgIpc) is 2.80. The highest BCUT2D eigenvalue weighted by Gasteiger charge is 2.34. The van der Waals surface area contributed by atoms with Gasteiger partial charge in [0.2, 0.25) is 15.9 Å². The molecule has 0 saturated carbocycles. The molecule has 0 aromatic heterocycles. The van der Waals surface area contributed by atoms with Crippen LogP contribution < -0.4 is 15.4 Å².